The third-order valence-corrected chi connectivity index (χ3v) is 25.4. The van der Waals surface area contributed by atoms with Crippen molar-refractivity contribution in [2.75, 3.05) is 11.1 Å². The Morgan fingerprint density at radius 2 is 1.11 bits per heavy atom. The highest BCUT2D eigenvalue weighted by Gasteiger charge is 2.80. The van der Waals surface area contributed by atoms with Gasteiger partial charge < -0.3 is 38.8 Å². The summed E-state index contributed by atoms with van der Waals surface area (Å²) in [5.41, 5.74) is 5.27. The number of hydrogen-bond donors (Lipinski definition) is 2. The second-order valence-corrected chi connectivity index (χ2v) is 28.4. The molecule has 3 aromatic rings. The van der Waals surface area contributed by atoms with E-state index < -0.39 is 51.7 Å². The summed E-state index contributed by atoms with van der Waals surface area (Å²) in [6, 6.07) is 15.2. The number of carbonyl (C=O) groups excluding carboxylic acids is 1. The minimum Gasteiger partial charge on any atom is -0.408 e. The number of nitrogens with one attached hydrogen (secondary N) is 1. The first-order chi connectivity index (χ1) is 30.6. The van der Waals surface area contributed by atoms with Crippen molar-refractivity contribution < 1.29 is 32.6 Å². The maximum absolute atomic E-state index is 13.2. The molecule has 2 spiro atoms. The maximum Gasteiger partial charge on any atom is 0.351 e. The van der Waals surface area contributed by atoms with E-state index in [0.29, 0.717) is 11.1 Å². The molecular weight excluding hydrogens is 849 g/mol. The van der Waals surface area contributed by atoms with Crippen molar-refractivity contribution in [2.24, 2.45) is 0 Å². The van der Waals surface area contributed by atoms with Crippen molar-refractivity contribution >= 4 is 34.2 Å². The molecule has 4 bridgehead atoms. The number of anilines is 2. The summed E-state index contributed by atoms with van der Waals surface area (Å²) < 4.78 is 43.8. The maximum atomic E-state index is 13.2. The minimum absolute atomic E-state index is 0.138. The third kappa shape index (κ3) is 7.31. The van der Waals surface area contributed by atoms with Gasteiger partial charge in [0, 0.05) is 29.1 Å². The highest BCUT2D eigenvalue weighted by molar-refractivity contribution is 6.74. The van der Waals surface area contributed by atoms with E-state index in [1.54, 1.807) is 41.2 Å². The number of nitrogen functional groups attached to an aromatic ring is 1. The van der Waals surface area contributed by atoms with Crippen LogP contribution in [0.3, 0.4) is 0 Å². The van der Waals surface area contributed by atoms with Gasteiger partial charge in [0.2, 0.25) is 0 Å². The van der Waals surface area contributed by atoms with E-state index in [1.807, 2.05) is 19.9 Å². The van der Waals surface area contributed by atoms with Crippen molar-refractivity contribution in [3.05, 3.63) is 80.4 Å². The molecule has 2 aromatic heterocycles. The lowest BCUT2D eigenvalue weighted by molar-refractivity contribution is -0.225. The lowest BCUT2D eigenvalue weighted by Gasteiger charge is -2.40. The van der Waals surface area contributed by atoms with Crippen LogP contribution in [0.1, 0.15) is 128 Å². The van der Waals surface area contributed by atoms with E-state index in [4.69, 9.17) is 33.5 Å². The Morgan fingerprint density at radius 3 is 1.52 bits per heavy atom. The van der Waals surface area contributed by atoms with Crippen molar-refractivity contribution in [1.29, 1.82) is 0 Å². The van der Waals surface area contributed by atoms with E-state index in [1.165, 1.54) is 4.57 Å². The Hall–Kier alpha value is -3.56. The second-order valence-electron chi connectivity index (χ2n) is 19.0. The second kappa shape index (κ2) is 17.3. The molecule has 6 heterocycles. The number of ether oxygens (including phenoxy) is 4. The van der Waals surface area contributed by atoms with Crippen molar-refractivity contribution in [2.45, 2.75) is 203 Å². The monoisotopic (exact) mass is 918 g/mol. The van der Waals surface area contributed by atoms with Crippen LogP contribution in [-0.4, -0.2) is 88.5 Å². The van der Waals surface area contributed by atoms with Crippen molar-refractivity contribution in [3.63, 3.8) is 0 Å². The van der Waals surface area contributed by atoms with Crippen LogP contribution in [0.25, 0.3) is 0 Å². The number of amides is 1. The van der Waals surface area contributed by atoms with Gasteiger partial charge in [0.05, 0.1) is 0 Å². The lowest BCUT2D eigenvalue weighted by Crippen LogP contribution is -2.53. The van der Waals surface area contributed by atoms with Gasteiger partial charge in [-0.25, -0.2) is 9.59 Å². The SMILES string of the molecule is CC[C@]12O[C@@H](n3cc(C)c(N)nc3=O)C(OC13CC3)[C@H]2O[Si](CC)(CC)CC.CC[C@]12O[C@@H](n3cc(C)c(NC(=O)c4ccccc4)nc3=O)C(OC13CC3)[C@H]2O[Si](CC)(CC)CC. The Balaban J connectivity index is 0.000000181. The van der Waals surface area contributed by atoms with Crippen LogP contribution in [0, 0.1) is 13.8 Å². The number of benzene rings is 1. The molecule has 0 radical (unpaired) electrons. The van der Waals surface area contributed by atoms with Crippen LogP contribution >= 0.6 is 0 Å². The summed E-state index contributed by atoms with van der Waals surface area (Å²) in [5, 5.41) is 2.77. The summed E-state index contributed by atoms with van der Waals surface area (Å²) in [7, 11) is -3.82. The summed E-state index contributed by atoms with van der Waals surface area (Å²) in [5.74, 6) is 0.202. The molecule has 4 saturated heterocycles. The molecule has 2 unspecified atom stereocenters. The van der Waals surface area contributed by atoms with Crippen LogP contribution in [-0.2, 0) is 27.8 Å². The normalized spacial score (nSPS) is 30.2. The zero-order valence-electron chi connectivity index (χ0n) is 39.5. The number of rotatable bonds is 16. The molecule has 9 rings (SSSR count). The van der Waals surface area contributed by atoms with E-state index in [0.717, 1.165) is 80.4 Å². The Kier molecular flexibility index (Phi) is 12.7. The number of fused-ring (bicyclic) bond motifs is 6. The molecule has 3 N–H and O–H groups in total. The first-order valence-corrected chi connectivity index (χ1v) is 29.0. The van der Waals surface area contributed by atoms with E-state index >= 15 is 0 Å². The molecule has 6 fully saturated rings. The van der Waals surface area contributed by atoms with Gasteiger partial charge in [0.1, 0.15) is 58.5 Å². The number of aromatic nitrogens is 4. The number of nitrogens with zero attached hydrogens (tertiary/aromatic N) is 4. The van der Waals surface area contributed by atoms with Gasteiger partial charge >= 0.3 is 11.4 Å². The molecule has 15 nitrogen and oxygen atoms in total. The van der Waals surface area contributed by atoms with Gasteiger partial charge in [-0.05, 0) is 101 Å². The highest BCUT2D eigenvalue weighted by atomic mass is 28.4. The Labute approximate surface area is 379 Å². The number of aryl methyl sites for hydroxylation is 2. The molecule has 1 aromatic carbocycles. The van der Waals surface area contributed by atoms with Gasteiger partial charge in [-0.1, -0.05) is 73.6 Å². The topological polar surface area (TPSA) is 180 Å². The zero-order chi connectivity index (χ0) is 46.0. The first kappa shape index (κ1) is 47.0. The highest BCUT2D eigenvalue weighted by Crippen LogP contribution is 2.68. The van der Waals surface area contributed by atoms with E-state index in [2.05, 4.69) is 70.7 Å². The summed E-state index contributed by atoms with van der Waals surface area (Å²) in [6.07, 6.45) is 6.80. The summed E-state index contributed by atoms with van der Waals surface area (Å²) in [6.45, 7) is 21.3. The largest absolute Gasteiger partial charge is 0.408 e. The Morgan fingerprint density at radius 1 is 0.688 bits per heavy atom. The fourth-order valence-corrected chi connectivity index (χ4v) is 17.2. The number of nitrogens with two attached hydrogens (primary N) is 1. The predicted octanol–water partition coefficient (Wildman–Crippen LogP) is 7.94. The molecule has 2 aliphatic carbocycles. The van der Waals surface area contributed by atoms with E-state index in [9.17, 15) is 14.4 Å². The first-order valence-electron chi connectivity index (χ1n) is 24.0. The van der Waals surface area contributed by atoms with Gasteiger partial charge in [-0.2, -0.15) is 9.97 Å². The third-order valence-electron chi connectivity index (χ3n) is 16.2. The van der Waals surface area contributed by atoms with Crippen LogP contribution in [0.15, 0.2) is 52.3 Å². The standard InChI is InChI=1S/C27H37N3O5Si.C20H33N3O4Si/c1-6-27-21(35-36(7-2,8-3)9-4)20(33-26(27)15-16-26)24(34-27)30-17-18(5)22(29-25(30)32)28-23(31)19-13-11-10-12-14-19;1-6-20-15(27-28(7-2,8-3)9-4)14(25-19(20)10-11-19)17(26-20)23-12-13(5)16(21)22-18(23)24/h10-14,17,20-21,24H,6-9,15-16H2,1-5H3,(H,28,29,31,32);12,14-15,17H,6-11H2,1-5H3,(H2,21,22,24)/t20?,21-,24-,27-;14?,15-,17-,20-/m11/s1. The van der Waals surface area contributed by atoms with Crippen molar-refractivity contribution in [3.8, 4) is 0 Å². The number of carbonyl (C=O) groups is 1. The predicted molar refractivity (Wildman–Crippen MR) is 249 cm³/mol. The fraction of sp³-hybridized carbons (Fsp3) is 0.681. The molecule has 64 heavy (non-hydrogen) atoms. The molecule has 350 valence electrons. The number of hydrogen-bond acceptors (Lipinski definition) is 12. The van der Waals surface area contributed by atoms with E-state index in [-0.39, 0.29) is 53.2 Å². The fourth-order valence-electron chi connectivity index (χ4n) is 11.4. The smallest absolute Gasteiger partial charge is 0.351 e. The Bertz CT molecular complexity index is 2310. The zero-order valence-corrected chi connectivity index (χ0v) is 41.5. The average Bonchev–Trinajstić information content (AvgIpc) is 4.18. The van der Waals surface area contributed by atoms with Crippen LogP contribution in [0.4, 0.5) is 11.6 Å². The molecular formula is C47H70N6O9Si2. The molecule has 6 aliphatic rings. The summed E-state index contributed by atoms with van der Waals surface area (Å²) >= 11 is 0. The lowest BCUT2D eigenvalue weighted by atomic mass is 9.88. The minimum atomic E-state index is -1.95. The van der Waals surface area contributed by atoms with Gasteiger partial charge in [0.15, 0.2) is 29.1 Å². The van der Waals surface area contributed by atoms with Gasteiger partial charge in [0.25, 0.3) is 5.91 Å². The quantitative estimate of drug-likeness (QED) is 0.133. The molecule has 8 atom stereocenters. The molecule has 17 heteroatoms. The van der Waals surface area contributed by atoms with Crippen molar-refractivity contribution in [1.82, 2.24) is 19.1 Å². The van der Waals surface area contributed by atoms with Crippen LogP contribution in [0.5, 0.6) is 0 Å². The van der Waals surface area contributed by atoms with Gasteiger partial charge in [-0.3, -0.25) is 13.9 Å². The molecule has 1 amide bonds. The van der Waals surface area contributed by atoms with Crippen LogP contribution in [0.2, 0.25) is 36.3 Å². The molecule has 2 saturated carbocycles. The van der Waals surface area contributed by atoms with Gasteiger partial charge in [-0.15, -0.1) is 0 Å². The summed E-state index contributed by atoms with van der Waals surface area (Å²) in [4.78, 5) is 46.6. The van der Waals surface area contributed by atoms with Crippen LogP contribution < -0.4 is 22.4 Å². The molecule has 4 aliphatic heterocycles. The average molecular weight is 919 g/mol.